The fourth-order valence-corrected chi connectivity index (χ4v) is 6.67. The molecule has 0 N–H and O–H groups in total. The lowest BCUT2D eigenvalue weighted by Gasteiger charge is -2.36. The average Bonchev–Trinajstić information content (AvgIpc) is 3.73. The van der Waals surface area contributed by atoms with E-state index in [-0.39, 0.29) is 6.04 Å². The van der Waals surface area contributed by atoms with Crippen LogP contribution in [0.5, 0.6) is 0 Å². The molecule has 0 fully saturated rings. The predicted octanol–water partition coefficient (Wildman–Crippen LogP) is 8.27. The van der Waals surface area contributed by atoms with Gasteiger partial charge in [0.1, 0.15) is 22.6 Å². The zero-order chi connectivity index (χ0) is 31.1. The van der Waals surface area contributed by atoms with Crippen molar-refractivity contribution in [3.63, 3.8) is 0 Å². The van der Waals surface area contributed by atoms with Crippen molar-refractivity contribution in [1.29, 1.82) is 0 Å². The Kier molecular flexibility index (Phi) is 6.76. The third-order valence-corrected chi connectivity index (χ3v) is 8.99. The van der Waals surface area contributed by atoms with E-state index in [1.807, 2.05) is 41.1 Å². The summed E-state index contributed by atoms with van der Waals surface area (Å²) in [5.41, 5.74) is 10.8. The molecule has 0 bridgehead atoms. The van der Waals surface area contributed by atoms with Gasteiger partial charge in [-0.05, 0) is 65.9 Å². The minimum absolute atomic E-state index is 0.167. The molecule has 46 heavy (non-hydrogen) atoms. The number of fused-ring (bicyclic) bond motifs is 2. The van der Waals surface area contributed by atoms with Gasteiger partial charge in [0.25, 0.3) is 0 Å². The maximum Gasteiger partial charge on any atom is 0.140 e. The standard InChI is InChI=1S/C40H32N6/c1-28-16-20-30(21-17-28)39(45-37-14-8-6-12-35(37)41-43-45)31-22-26-34(27-23-31)40(32-10-4-3-5-11-32,33-24-18-29(2)19-25-33)46-38-15-9-7-13-36(38)42-44-46/h3-27,39H,1-2H3. The van der Waals surface area contributed by atoms with Gasteiger partial charge in [0.2, 0.25) is 0 Å². The van der Waals surface area contributed by atoms with Crippen molar-refractivity contribution in [2.75, 3.05) is 0 Å². The Morgan fingerprint density at radius 1 is 0.457 bits per heavy atom. The number of aryl methyl sites for hydroxylation is 2. The van der Waals surface area contributed by atoms with Gasteiger partial charge in [-0.25, -0.2) is 9.36 Å². The summed E-state index contributed by atoms with van der Waals surface area (Å²) >= 11 is 0. The quantitative estimate of drug-likeness (QED) is 0.174. The molecule has 8 aromatic rings. The van der Waals surface area contributed by atoms with Crippen LogP contribution in [-0.2, 0) is 5.54 Å². The minimum Gasteiger partial charge on any atom is -0.233 e. The van der Waals surface area contributed by atoms with Gasteiger partial charge in [-0.2, -0.15) is 0 Å². The molecule has 0 aliphatic carbocycles. The zero-order valence-corrected chi connectivity index (χ0v) is 25.7. The van der Waals surface area contributed by atoms with Crippen LogP contribution >= 0.6 is 0 Å². The molecule has 0 aliphatic rings. The highest BCUT2D eigenvalue weighted by atomic mass is 15.5. The Morgan fingerprint density at radius 2 is 0.913 bits per heavy atom. The zero-order valence-electron chi connectivity index (χ0n) is 25.7. The summed E-state index contributed by atoms with van der Waals surface area (Å²) in [6.45, 7) is 4.23. The normalized spacial score (nSPS) is 13.5. The minimum atomic E-state index is -0.789. The van der Waals surface area contributed by atoms with Crippen molar-refractivity contribution in [3.05, 3.63) is 191 Å². The van der Waals surface area contributed by atoms with Gasteiger partial charge in [-0.15, -0.1) is 10.2 Å². The summed E-state index contributed by atoms with van der Waals surface area (Å²) in [5, 5.41) is 18.7. The SMILES string of the molecule is Cc1ccc(C(c2ccc(C(c3ccccc3)(c3ccc(C)cc3)n3nnc4ccccc43)cc2)n2nnc3ccccc32)cc1. The van der Waals surface area contributed by atoms with Crippen molar-refractivity contribution in [2.24, 2.45) is 0 Å². The van der Waals surface area contributed by atoms with Gasteiger partial charge in [-0.1, -0.05) is 149 Å². The summed E-state index contributed by atoms with van der Waals surface area (Å²) in [6, 6.07) is 53.1. The lowest BCUT2D eigenvalue weighted by atomic mass is 9.76. The van der Waals surface area contributed by atoms with Crippen LogP contribution in [0.15, 0.2) is 152 Å². The second kappa shape index (κ2) is 11.2. The molecular weight excluding hydrogens is 564 g/mol. The molecule has 0 aliphatic heterocycles. The Balaban J connectivity index is 1.37. The van der Waals surface area contributed by atoms with Gasteiger partial charge in [0, 0.05) is 0 Å². The maximum absolute atomic E-state index is 4.85. The number of hydrogen-bond donors (Lipinski definition) is 0. The van der Waals surface area contributed by atoms with Crippen LogP contribution < -0.4 is 0 Å². The molecule has 6 heteroatoms. The second-order valence-electron chi connectivity index (χ2n) is 11.9. The number of aromatic nitrogens is 6. The molecule has 0 radical (unpaired) electrons. The van der Waals surface area contributed by atoms with Crippen LogP contribution in [-0.4, -0.2) is 30.0 Å². The van der Waals surface area contributed by atoms with Gasteiger partial charge in [0.15, 0.2) is 0 Å². The Labute approximate surface area is 267 Å². The summed E-state index contributed by atoms with van der Waals surface area (Å²) < 4.78 is 4.12. The van der Waals surface area contributed by atoms with Gasteiger partial charge >= 0.3 is 0 Å². The van der Waals surface area contributed by atoms with Crippen LogP contribution in [0.1, 0.15) is 45.0 Å². The first kappa shape index (κ1) is 27.7. The van der Waals surface area contributed by atoms with Crippen LogP contribution in [0, 0.1) is 13.8 Å². The summed E-state index contributed by atoms with van der Waals surface area (Å²) in [4.78, 5) is 0. The smallest absolute Gasteiger partial charge is 0.140 e. The Bertz CT molecular complexity index is 2270. The molecule has 8 rings (SSSR count). The monoisotopic (exact) mass is 596 g/mol. The number of para-hydroxylation sites is 2. The van der Waals surface area contributed by atoms with E-state index in [1.54, 1.807) is 0 Å². The summed E-state index contributed by atoms with van der Waals surface area (Å²) in [5.74, 6) is 0. The Morgan fingerprint density at radius 3 is 1.57 bits per heavy atom. The van der Waals surface area contributed by atoms with Crippen LogP contribution in [0.3, 0.4) is 0 Å². The highest BCUT2D eigenvalue weighted by Gasteiger charge is 2.41. The molecule has 2 aromatic heterocycles. The fourth-order valence-electron chi connectivity index (χ4n) is 6.67. The molecule has 6 aromatic carbocycles. The van der Waals surface area contributed by atoms with E-state index < -0.39 is 5.54 Å². The molecule has 0 saturated carbocycles. The van der Waals surface area contributed by atoms with Crippen molar-refractivity contribution in [1.82, 2.24) is 30.0 Å². The van der Waals surface area contributed by atoms with Crippen molar-refractivity contribution < 1.29 is 0 Å². The highest BCUT2D eigenvalue weighted by molar-refractivity contribution is 5.76. The number of benzene rings is 6. The van der Waals surface area contributed by atoms with E-state index in [2.05, 4.69) is 149 Å². The van der Waals surface area contributed by atoms with E-state index in [1.165, 1.54) is 11.1 Å². The topological polar surface area (TPSA) is 61.4 Å². The summed E-state index contributed by atoms with van der Waals surface area (Å²) in [6.07, 6.45) is 0. The van der Waals surface area contributed by atoms with E-state index in [4.69, 9.17) is 5.21 Å². The largest absolute Gasteiger partial charge is 0.233 e. The van der Waals surface area contributed by atoms with Crippen LogP contribution in [0.2, 0.25) is 0 Å². The van der Waals surface area contributed by atoms with Crippen molar-refractivity contribution in [2.45, 2.75) is 25.4 Å². The predicted molar refractivity (Wildman–Crippen MR) is 183 cm³/mol. The van der Waals surface area contributed by atoms with Crippen LogP contribution in [0.4, 0.5) is 0 Å². The molecule has 2 unspecified atom stereocenters. The lowest BCUT2D eigenvalue weighted by Crippen LogP contribution is -2.38. The van der Waals surface area contributed by atoms with E-state index >= 15 is 0 Å². The highest BCUT2D eigenvalue weighted by Crippen LogP contribution is 2.43. The molecule has 0 amide bonds. The van der Waals surface area contributed by atoms with E-state index in [0.29, 0.717) is 0 Å². The second-order valence-corrected chi connectivity index (χ2v) is 11.9. The first-order valence-corrected chi connectivity index (χ1v) is 15.5. The summed E-state index contributed by atoms with van der Waals surface area (Å²) in [7, 11) is 0. The fraction of sp³-hybridized carbons (Fsp3) is 0.100. The van der Waals surface area contributed by atoms with E-state index in [0.717, 1.165) is 49.9 Å². The van der Waals surface area contributed by atoms with Crippen LogP contribution in [0.25, 0.3) is 22.1 Å². The third kappa shape index (κ3) is 4.49. The first-order chi connectivity index (χ1) is 22.6. The molecule has 2 heterocycles. The number of nitrogens with zero attached hydrogens (tertiary/aromatic N) is 6. The van der Waals surface area contributed by atoms with Gasteiger partial charge < -0.3 is 0 Å². The van der Waals surface area contributed by atoms with Crippen molar-refractivity contribution >= 4 is 22.1 Å². The first-order valence-electron chi connectivity index (χ1n) is 15.5. The maximum atomic E-state index is 4.85. The molecule has 6 nitrogen and oxygen atoms in total. The molecule has 0 saturated heterocycles. The Hall–Kier alpha value is -5.88. The number of rotatable bonds is 7. The van der Waals surface area contributed by atoms with Crippen molar-refractivity contribution in [3.8, 4) is 0 Å². The lowest BCUT2D eigenvalue weighted by molar-refractivity contribution is 0.460. The molecule has 222 valence electrons. The van der Waals surface area contributed by atoms with Gasteiger partial charge in [0.05, 0.1) is 11.0 Å². The molecule has 0 spiro atoms. The van der Waals surface area contributed by atoms with E-state index in [9.17, 15) is 0 Å². The number of hydrogen-bond acceptors (Lipinski definition) is 4. The average molecular weight is 597 g/mol. The molecule has 2 atom stereocenters. The third-order valence-electron chi connectivity index (χ3n) is 8.99. The molecular formula is C40H32N6. The van der Waals surface area contributed by atoms with Gasteiger partial charge in [-0.3, -0.25) is 0 Å².